The van der Waals surface area contributed by atoms with E-state index < -0.39 is 0 Å². The van der Waals surface area contributed by atoms with Gasteiger partial charge in [0.05, 0.1) is 16.8 Å². The molecule has 0 fully saturated rings. The SMILES string of the molecule is CC(Nc1cccc(Cl)c1)c1occc1Br. The Balaban J connectivity index is 2.14. The fourth-order valence-corrected chi connectivity index (χ4v) is 2.24. The summed E-state index contributed by atoms with van der Waals surface area (Å²) in [5.41, 5.74) is 0.975. The molecule has 0 aliphatic rings. The third-order valence-corrected chi connectivity index (χ3v) is 3.14. The summed E-state index contributed by atoms with van der Waals surface area (Å²) in [4.78, 5) is 0. The van der Waals surface area contributed by atoms with Crippen LogP contribution in [0.15, 0.2) is 45.5 Å². The molecule has 1 aromatic carbocycles. The summed E-state index contributed by atoms with van der Waals surface area (Å²) in [5, 5.41) is 4.04. The summed E-state index contributed by atoms with van der Waals surface area (Å²) in [7, 11) is 0. The van der Waals surface area contributed by atoms with Crippen LogP contribution in [0.2, 0.25) is 5.02 Å². The number of benzene rings is 1. The van der Waals surface area contributed by atoms with Gasteiger partial charge in [0.1, 0.15) is 5.76 Å². The van der Waals surface area contributed by atoms with E-state index in [-0.39, 0.29) is 6.04 Å². The summed E-state index contributed by atoms with van der Waals surface area (Å²) >= 11 is 9.35. The van der Waals surface area contributed by atoms with Crippen molar-refractivity contribution in [2.45, 2.75) is 13.0 Å². The second-order valence-electron chi connectivity index (χ2n) is 3.51. The Kier molecular flexibility index (Phi) is 3.56. The molecule has 0 saturated carbocycles. The quantitative estimate of drug-likeness (QED) is 0.875. The standard InChI is InChI=1S/C12H11BrClNO/c1-8(12-11(13)5-6-16-12)15-10-4-2-3-9(14)7-10/h2-8,15H,1H3. The largest absolute Gasteiger partial charge is 0.466 e. The molecule has 0 radical (unpaired) electrons. The molecule has 2 nitrogen and oxygen atoms in total. The first-order valence-corrected chi connectivity index (χ1v) is 6.09. The van der Waals surface area contributed by atoms with Gasteiger partial charge in [0, 0.05) is 10.7 Å². The first kappa shape index (κ1) is 11.6. The van der Waals surface area contributed by atoms with Crippen LogP contribution in [0.5, 0.6) is 0 Å². The van der Waals surface area contributed by atoms with Crippen molar-refractivity contribution in [2.75, 3.05) is 5.32 Å². The van der Waals surface area contributed by atoms with Gasteiger partial charge in [-0.05, 0) is 47.1 Å². The van der Waals surface area contributed by atoms with Crippen LogP contribution in [-0.4, -0.2) is 0 Å². The van der Waals surface area contributed by atoms with Crippen LogP contribution in [0.1, 0.15) is 18.7 Å². The van der Waals surface area contributed by atoms with Crippen molar-refractivity contribution in [2.24, 2.45) is 0 Å². The molecular weight excluding hydrogens is 289 g/mol. The fourth-order valence-electron chi connectivity index (χ4n) is 1.51. The van der Waals surface area contributed by atoms with Gasteiger partial charge in [0.25, 0.3) is 0 Å². The molecular formula is C12H11BrClNO. The molecule has 4 heteroatoms. The van der Waals surface area contributed by atoms with Crippen molar-refractivity contribution >= 4 is 33.2 Å². The lowest BCUT2D eigenvalue weighted by molar-refractivity contribution is 0.488. The van der Waals surface area contributed by atoms with Crippen molar-refractivity contribution in [3.63, 3.8) is 0 Å². The number of anilines is 1. The van der Waals surface area contributed by atoms with Crippen molar-refractivity contribution in [1.29, 1.82) is 0 Å². The van der Waals surface area contributed by atoms with E-state index >= 15 is 0 Å². The molecule has 0 aliphatic heterocycles. The van der Waals surface area contributed by atoms with Crippen LogP contribution >= 0.6 is 27.5 Å². The average molecular weight is 301 g/mol. The summed E-state index contributed by atoms with van der Waals surface area (Å²) in [6.45, 7) is 2.03. The zero-order valence-corrected chi connectivity index (χ0v) is 11.0. The maximum absolute atomic E-state index is 5.91. The maximum Gasteiger partial charge on any atom is 0.139 e. The Labute approximate surface area is 108 Å². The summed E-state index contributed by atoms with van der Waals surface area (Å²) < 4.78 is 6.35. The number of hydrogen-bond donors (Lipinski definition) is 1. The lowest BCUT2D eigenvalue weighted by Gasteiger charge is -2.13. The summed E-state index contributed by atoms with van der Waals surface area (Å²) in [5.74, 6) is 0.875. The second kappa shape index (κ2) is 4.93. The highest BCUT2D eigenvalue weighted by Crippen LogP contribution is 2.27. The van der Waals surface area contributed by atoms with Crippen molar-refractivity contribution in [3.05, 3.63) is 51.9 Å². The molecule has 1 unspecified atom stereocenters. The minimum atomic E-state index is 0.0860. The van der Waals surface area contributed by atoms with Crippen LogP contribution in [-0.2, 0) is 0 Å². The van der Waals surface area contributed by atoms with Gasteiger partial charge in [-0.1, -0.05) is 17.7 Å². The third kappa shape index (κ3) is 2.60. The number of halogens is 2. The minimum Gasteiger partial charge on any atom is -0.466 e. The van der Waals surface area contributed by atoms with Crippen LogP contribution in [0.4, 0.5) is 5.69 Å². The first-order chi connectivity index (χ1) is 7.66. The molecule has 1 atom stereocenters. The van der Waals surface area contributed by atoms with E-state index in [4.69, 9.17) is 16.0 Å². The maximum atomic E-state index is 5.91. The fraction of sp³-hybridized carbons (Fsp3) is 0.167. The zero-order chi connectivity index (χ0) is 11.5. The van der Waals surface area contributed by atoms with E-state index in [9.17, 15) is 0 Å². The molecule has 1 aromatic heterocycles. The number of rotatable bonds is 3. The van der Waals surface area contributed by atoms with Crippen molar-refractivity contribution in [1.82, 2.24) is 0 Å². The molecule has 2 rings (SSSR count). The van der Waals surface area contributed by atoms with Crippen LogP contribution in [0.25, 0.3) is 0 Å². The van der Waals surface area contributed by atoms with E-state index in [1.807, 2.05) is 37.3 Å². The van der Waals surface area contributed by atoms with Crippen LogP contribution < -0.4 is 5.32 Å². The molecule has 84 valence electrons. The van der Waals surface area contributed by atoms with Gasteiger partial charge >= 0.3 is 0 Å². The predicted octanol–water partition coefficient (Wildman–Crippen LogP) is 4.87. The molecule has 2 aromatic rings. The molecule has 1 N–H and O–H groups in total. The van der Waals surface area contributed by atoms with Crippen molar-refractivity contribution < 1.29 is 4.42 Å². The number of hydrogen-bond acceptors (Lipinski definition) is 2. The zero-order valence-electron chi connectivity index (χ0n) is 8.71. The smallest absolute Gasteiger partial charge is 0.139 e. The van der Waals surface area contributed by atoms with Crippen molar-refractivity contribution in [3.8, 4) is 0 Å². The Morgan fingerprint density at radius 1 is 1.38 bits per heavy atom. The highest BCUT2D eigenvalue weighted by molar-refractivity contribution is 9.10. The third-order valence-electron chi connectivity index (χ3n) is 2.25. The van der Waals surface area contributed by atoms with Gasteiger partial charge < -0.3 is 9.73 Å². The van der Waals surface area contributed by atoms with Gasteiger partial charge in [-0.15, -0.1) is 0 Å². The summed E-state index contributed by atoms with van der Waals surface area (Å²) in [6.07, 6.45) is 1.66. The Morgan fingerprint density at radius 3 is 2.81 bits per heavy atom. The topological polar surface area (TPSA) is 25.2 Å². The van der Waals surface area contributed by atoms with E-state index in [1.165, 1.54) is 0 Å². The Hall–Kier alpha value is -0.930. The molecule has 16 heavy (non-hydrogen) atoms. The first-order valence-electron chi connectivity index (χ1n) is 4.92. The molecule has 1 heterocycles. The summed E-state index contributed by atoms with van der Waals surface area (Å²) in [6, 6.07) is 9.58. The number of nitrogens with one attached hydrogen (secondary N) is 1. The van der Waals surface area contributed by atoms with Gasteiger partial charge in [0.15, 0.2) is 0 Å². The highest BCUT2D eigenvalue weighted by atomic mass is 79.9. The average Bonchev–Trinajstić information content (AvgIpc) is 2.64. The van der Waals surface area contributed by atoms with Gasteiger partial charge in [0.2, 0.25) is 0 Å². The van der Waals surface area contributed by atoms with E-state index in [2.05, 4.69) is 21.2 Å². The second-order valence-corrected chi connectivity index (χ2v) is 4.80. The predicted molar refractivity (Wildman–Crippen MR) is 69.9 cm³/mol. The molecule has 0 aliphatic carbocycles. The lowest BCUT2D eigenvalue weighted by Crippen LogP contribution is -2.05. The monoisotopic (exact) mass is 299 g/mol. The molecule has 0 amide bonds. The Morgan fingerprint density at radius 2 is 2.19 bits per heavy atom. The minimum absolute atomic E-state index is 0.0860. The van der Waals surface area contributed by atoms with Crippen LogP contribution in [0.3, 0.4) is 0 Å². The number of furan rings is 1. The normalized spacial score (nSPS) is 12.4. The Bertz CT molecular complexity index is 483. The van der Waals surface area contributed by atoms with Gasteiger partial charge in [-0.3, -0.25) is 0 Å². The van der Waals surface area contributed by atoms with Gasteiger partial charge in [-0.25, -0.2) is 0 Å². The van der Waals surface area contributed by atoms with E-state index in [0.717, 1.165) is 20.9 Å². The van der Waals surface area contributed by atoms with E-state index in [1.54, 1.807) is 6.26 Å². The van der Waals surface area contributed by atoms with Crippen LogP contribution in [0, 0.1) is 0 Å². The molecule has 0 spiro atoms. The molecule has 0 saturated heterocycles. The lowest BCUT2D eigenvalue weighted by atomic mass is 10.2. The van der Waals surface area contributed by atoms with Gasteiger partial charge in [-0.2, -0.15) is 0 Å². The molecule has 0 bridgehead atoms. The highest BCUT2D eigenvalue weighted by Gasteiger charge is 2.12. The van der Waals surface area contributed by atoms with E-state index in [0.29, 0.717) is 0 Å².